The molecule has 0 unspecified atom stereocenters. The first kappa shape index (κ1) is 28.8. The van der Waals surface area contributed by atoms with Crippen molar-refractivity contribution in [1.82, 2.24) is 4.98 Å². The van der Waals surface area contributed by atoms with Gasteiger partial charge in [-0.1, -0.05) is 24.3 Å². The fraction of sp³-hybridized carbons (Fsp3) is 0.515. The maximum atomic E-state index is 14.0. The van der Waals surface area contributed by atoms with Crippen LogP contribution < -0.4 is 9.64 Å². The van der Waals surface area contributed by atoms with Crippen LogP contribution in [0.2, 0.25) is 0 Å². The Morgan fingerprint density at radius 2 is 1.82 bits per heavy atom. The van der Waals surface area contributed by atoms with Gasteiger partial charge in [0, 0.05) is 37.4 Å². The molecule has 2 fully saturated rings. The molecule has 0 saturated heterocycles. The highest BCUT2D eigenvalue weighted by molar-refractivity contribution is 7.15. The van der Waals surface area contributed by atoms with Crippen molar-refractivity contribution in [2.24, 2.45) is 11.8 Å². The largest absolute Gasteiger partial charge is 0.496 e. The van der Waals surface area contributed by atoms with Crippen molar-refractivity contribution in [3.05, 3.63) is 64.8 Å². The molecule has 3 aromatic rings. The predicted octanol–water partition coefficient (Wildman–Crippen LogP) is 6.52. The molecule has 40 heavy (non-hydrogen) atoms. The van der Waals surface area contributed by atoms with Gasteiger partial charge in [-0.2, -0.15) is 0 Å². The Morgan fingerprint density at radius 3 is 2.52 bits per heavy atom. The van der Waals surface area contributed by atoms with Crippen LogP contribution in [0.4, 0.5) is 5.69 Å². The molecule has 2 aliphatic carbocycles. The summed E-state index contributed by atoms with van der Waals surface area (Å²) in [6.45, 7) is 2.93. The molecule has 5 rings (SSSR count). The van der Waals surface area contributed by atoms with Gasteiger partial charge in [-0.05, 0) is 105 Å². The maximum Gasteiger partial charge on any atom is 0.230 e. The first-order valence-electron chi connectivity index (χ1n) is 14.7. The third-order valence-corrected chi connectivity index (χ3v) is 9.92. The monoisotopic (exact) mass is 562 g/mol. The van der Waals surface area contributed by atoms with E-state index < -0.39 is 0 Å². The molecular weight excluding hydrogens is 520 g/mol. The van der Waals surface area contributed by atoms with Crippen LogP contribution in [0.1, 0.15) is 73.4 Å². The second-order valence-corrected chi connectivity index (χ2v) is 12.7. The Balaban J connectivity index is 1.33. The van der Waals surface area contributed by atoms with Crippen molar-refractivity contribution in [1.29, 1.82) is 0 Å². The molecule has 1 heterocycles. The van der Waals surface area contributed by atoms with E-state index in [0.717, 1.165) is 72.0 Å². The van der Waals surface area contributed by atoms with E-state index >= 15 is 0 Å². The lowest BCUT2D eigenvalue weighted by atomic mass is 9.78. The van der Waals surface area contributed by atoms with Gasteiger partial charge in [0.05, 0.1) is 23.1 Å². The first-order chi connectivity index (χ1) is 19.4. The molecule has 0 bridgehead atoms. The quantitative estimate of drug-likeness (QED) is 0.310. The second-order valence-electron chi connectivity index (χ2n) is 11.5. The van der Waals surface area contributed by atoms with Crippen LogP contribution in [0.25, 0.3) is 10.4 Å². The first-order valence-corrected chi connectivity index (χ1v) is 15.6. The lowest BCUT2D eigenvalue weighted by molar-refractivity contribution is -0.124. The summed E-state index contributed by atoms with van der Waals surface area (Å²) >= 11 is 1.59. The van der Waals surface area contributed by atoms with Crippen LogP contribution in [-0.4, -0.2) is 47.5 Å². The van der Waals surface area contributed by atoms with Gasteiger partial charge in [0.2, 0.25) is 5.91 Å². The van der Waals surface area contributed by atoms with Crippen molar-refractivity contribution in [3.8, 4) is 16.2 Å². The second kappa shape index (κ2) is 13.3. The summed E-state index contributed by atoms with van der Waals surface area (Å²) in [6, 6.07) is 14.8. The summed E-state index contributed by atoms with van der Waals surface area (Å²) in [7, 11) is 1.72. The van der Waals surface area contributed by atoms with Gasteiger partial charge in [0.15, 0.2) is 0 Å². The number of methoxy groups -OCH3 is 1. The Kier molecular flexibility index (Phi) is 9.56. The molecule has 2 aromatic carbocycles. The van der Waals surface area contributed by atoms with Crippen LogP contribution in [0.3, 0.4) is 0 Å². The van der Waals surface area contributed by atoms with Crippen LogP contribution in [0.5, 0.6) is 5.75 Å². The van der Waals surface area contributed by atoms with Gasteiger partial charge in [-0.25, -0.2) is 4.98 Å². The van der Waals surface area contributed by atoms with Crippen molar-refractivity contribution < 1.29 is 19.7 Å². The molecule has 7 heteroatoms. The van der Waals surface area contributed by atoms with Crippen molar-refractivity contribution in [2.75, 3.05) is 25.2 Å². The van der Waals surface area contributed by atoms with E-state index in [9.17, 15) is 15.0 Å². The SMILES string of the molecule is COc1ccc([C@H]2CC[C@H](CN(c3cccc(-c4cnc(CCO)s4)c3)C(=O)[C@H]3CC[C@H](O)CC3)CC2)cc1C. The molecule has 214 valence electrons. The third kappa shape index (κ3) is 6.76. The zero-order valence-electron chi connectivity index (χ0n) is 23.7. The number of carbonyl (C=O) groups is 1. The van der Waals surface area contributed by atoms with Gasteiger partial charge >= 0.3 is 0 Å². The minimum atomic E-state index is -0.280. The lowest BCUT2D eigenvalue weighted by Crippen LogP contribution is -2.41. The number of nitrogens with zero attached hydrogens (tertiary/aromatic N) is 2. The average Bonchev–Trinajstić information content (AvgIpc) is 3.45. The normalized spacial score (nSPS) is 23.1. The van der Waals surface area contributed by atoms with Crippen LogP contribution in [-0.2, 0) is 11.2 Å². The number of benzene rings is 2. The Morgan fingerprint density at radius 1 is 1.05 bits per heavy atom. The van der Waals surface area contributed by atoms with E-state index in [4.69, 9.17) is 4.74 Å². The Hall–Kier alpha value is -2.74. The zero-order valence-corrected chi connectivity index (χ0v) is 24.5. The predicted molar refractivity (Wildman–Crippen MR) is 161 cm³/mol. The number of aliphatic hydroxyl groups is 2. The number of carbonyl (C=O) groups excluding carboxylic acids is 1. The molecule has 2 aliphatic rings. The molecule has 1 amide bonds. The number of aliphatic hydroxyl groups excluding tert-OH is 2. The van der Waals surface area contributed by atoms with Crippen molar-refractivity contribution >= 4 is 22.9 Å². The topological polar surface area (TPSA) is 82.9 Å². The van der Waals surface area contributed by atoms with Gasteiger partial charge in [-0.15, -0.1) is 11.3 Å². The van der Waals surface area contributed by atoms with E-state index in [2.05, 4.69) is 48.3 Å². The molecule has 2 N–H and O–H groups in total. The summed E-state index contributed by atoms with van der Waals surface area (Å²) in [6.07, 6.45) is 9.49. The highest BCUT2D eigenvalue weighted by Gasteiger charge is 2.32. The average molecular weight is 563 g/mol. The van der Waals surface area contributed by atoms with E-state index in [1.54, 1.807) is 18.4 Å². The number of amides is 1. The number of thiazole rings is 1. The standard InChI is InChI=1S/C33H42N2O4S/c1-22-18-26(12-15-30(22)39-2)24-8-6-23(7-9-24)21-35(33(38)25-10-13-29(37)14-11-25)28-5-3-4-27(19-28)31-20-34-32(40-31)16-17-36/h3-5,12,15,18-20,23-25,29,36-37H,6-11,13-14,16-17,21H2,1-2H3/t23-,24-,25-,29-. The summed E-state index contributed by atoms with van der Waals surface area (Å²) in [4.78, 5) is 21.6. The highest BCUT2D eigenvalue weighted by Crippen LogP contribution is 2.39. The van der Waals surface area contributed by atoms with E-state index in [0.29, 0.717) is 31.1 Å². The number of aryl methyl sites for hydroxylation is 1. The third-order valence-electron chi connectivity index (χ3n) is 8.81. The number of aromatic nitrogens is 1. The number of ether oxygens (including phenoxy) is 1. The molecule has 0 atom stereocenters. The van der Waals surface area contributed by atoms with Gasteiger partial charge in [0.25, 0.3) is 0 Å². The molecule has 1 aromatic heterocycles. The molecule has 0 spiro atoms. The molecule has 0 aliphatic heterocycles. The fourth-order valence-electron chi connectivity index (χ4n) is 6.44. The molecule has 0 radical (unpaired) electrons. The van der Waals surface area contributed by atoms with Crippen molar-refractivity contribution in [2.45, 2.75) is 76.7 Å². The lowest BCUT2D eigenvalue weighted by Gasteiger charge is -2.36. The number of rotatable bonds is 9. The fourth-order valence-corrected chi connectivity index (χ4v) is 7.34. The molecule has 2 saturated carbocycles. The summed E-state index contributed by atoms with van der Waals surface area (Å²) < 4.78 is 5.45. The number of anilines is 1. The maximum absolute atomic E-state index is 14.0. The van der Waals surface area contributed by atoms with Crippen LogP contribution >= 0.6 is 11.3 Å². The Labute approximate surface area is 242 Å². The van der Waals surface area contributed by atoms with Crippen molar-refractivity contribution in [3.63, 3.8) is 0 Å². The van der Waals surface area contributed by atoms with Gasteiger partial charge in [-0.3, -0.25) is 4.79 Å². The minimum absolute atomic E-state index is 0.0368. The van der Waals surface area contributed by atoms with E-state index in [-0.39, 0.29) is 24.5 Å². The number of hydrogen-bond acceptors (Lipinski definition) is 6. The molecule has 6 nitrogen and oxygen atoms in total. The van der Waals surface area contributed by atoms with Gasteiger partial charge < -0.3 is 19.8 Å². The highest BCUT2D eigenvalue weighted by atomic mass is 32.1. The number of hydrogen-bond donors (Lipinski definition) is 2. The van der Waals surface area contributed by atoms with Crippen LogP contribution in [0.15, 0.2) is 48.7 Å². The van der Waals surface area contributed by atoms with Gasteiger partial charge in [0.1, 0.15) is 5.75 Å². The summed E-state index contributed by atoms with van der Waals surface area (Å²) in [5, 5.41) is 20.2. The van der Waals surface area contributed by atoms with Crippen LogP contribution in [0, 0.1) is 18.8 Å². The Bertz CT molecular complexity index is 1270. The van der Waals surface area contributed by atoms with E-state index in [1.807, 2.05) is 17.2 Å². The summed E-state index contributed by atoms with van der Waals surface area (Å²) in [5.74, 6) is 2.10. The zero-order chi connectivity index (χ0) is 28.1. The van der Waals surface area contributed by atoms with E-state index in [1.165, 1.54) is 11.1 Å². The smallest absolute Gasteiger partial charge is 0.230 e. The molecular formula is C33H42N2O4S. The minimum Gasteiger partial charge on any atom is -0.496 e. The summed E-state index contributed by atoms with van der Waals surface area (Å²) in [5.41, 5.74) is 4.57.